The molecule has 0 radical (unpaired) electrons. The summed E-state index contributed by atoms with van der Waals surface area (Å²) >= 11 is 1.28. The van der Waals surface area contributed by atoms with Crippen molar-refractivity contribution in [3.63, 3.8) is 0 Å². The number of thiazole rings is 1. The van der Waals surface area contributed by atoms with Gasteiger partial charge in [-0.3, -0.25) is 0 Å². The van der Waals surface area contributed by atoms with E-state index in [1.807, 2.05) is 6.92 Å². The normalized spacial score (nSPS) is 10.7. The molecule has 0 unspecified atom stereocenters. The molecule has 0 saturated carbocycles. The van der Waals surface area contributed by atoms with Crippen molar-refractivity contribution in [1.29, 1.82) is 0 Å². The van der Waals surface area contributed by atoms with Gasteiger partial charge < -0.3 is 10.2 Å². The second-order valence-electron chi connectivity index (χ2n) is 1.66. The van der Waals surface area contributed by atoms with E-state index < -0.39 is 6.29 Å². The molecule has 0 bridgehead atoms. The molecule has 0 atom stereocenters. The molecule has 2 N–H and O–H groups in total. The van der Waals surface area contributed by atoms with Gasteiger partial charge in [-0.2, -0.15) is 0 Å². The lowest BCUT2D eigenvalue weighted by molar-refractivity contribution is -0.0396. The summed E-state index contributed by atoms with van der Waals surface area (Å²) in [5, 5.41) is 18.0. The van der Waals surface area contributed by atoms with Gasteiger partial charge >= 0.3 is 0 Å². The van der Waals surface area contributed by atoms with Gasteiger partial charge in [0.15, 0.2) is 6.29 Å². The number of hydrogen-bond acceptors (Lipinski definition) is 4. The maximum absolute atomic E-state index is 8.56. The van der Waals surface area contributed by atoms with Crippen LogP contribution < -0.4 is 0 Å². The van der Waals surface area contributed by atoms with Crippen molar-refractivity contribution in [2.45, 2.75) is 13.2 Å². The average molecular weight is 145 g/mol. The summed E-state index contributed by atoms with van der Waals surface area (Å²) in [5.41, 5.74) is 0. The Kier molecular flexibility index (Phi) is 1.80. The number of rotatable bonds is 1. The SMILES string of the molecule is Cc1ncc(C(O)O)s1. The van der Waals surface area contributed by atoms with Crippen LogP contribution in [0, 0.1) is 6.92 Å². The monoisotopic (exact) mass is 145 g/mol. The molecule has 0 spiro atoms. The molecular formula is C5H7NO2S. The molecule has 1 aromatic heterocycles. The van der Waals surface area contributed by atoms with Gasteiger partial charge in [0.2, 0.25) is 0 Å². The highest BCUT2D eigenvalue weighted by molar-refractivity contribution is 7.11. The van der Waals surface area contributed by atoms with Gasteiger partial charge in [0, 0.05) is 6.20 Å². The van der Waals surface area contributed by atoms with E-state index in [0.29, 0.717) is 4.88 Å². The third kappa shape index (κ3) is 1.48. The van der Waals surface area contributed by atoms with Gasteiger partial charge in [0.25, 0.3) is 0 Å². The number of aromatic nitrogens is 1. The lowest BCUT2D eigenvalue weighted by Gasteiger charge is -1.93. The third-order valence-electron chi connectivity index (χ3n) is 0.894. The van der Waals surface area contributed by atoms with Gasteiger partial charge in [0.05, 0.1) is 9.88 Å². The summed E-state index contributed by atoms with van der Waals surface area (Å²) in [5.74, 6) is 0. The van der Waals surface area contributed by atoms with Crippen molar-refractivity contribution in [3.05, 3.63) is 16.1 Å². The molecule has 4 heteroatoms. The highest BCUT2D eigenvalue weighted by atomic mass is 32.1. The van der Waals surface area contributed by atoms with Gasteiger partial charge in [-0.1, -0.05) is 0 Å². The van der Waals surface area contributed by atoms with E-state index in [0.717, 1.165) is 5.01 Å². The van der Waals surface area contributed by atoms with Crippen molar-refractivity contribution in [1.82, 2.24) is 4.98 Å². The lowest BCUT2D eigenvalue weighted by atomic mass is 10.5. The van der Waals surface area contributed by atoms with Crippen LogP contribution in [0.5, 0.6) is 0 Å². The highest BCUT2D eigenvalue weighted by Gasteiger charge is 2.04. The van der Waals surface area contributed by atoms with Crippen molar-refractivity contribution >= 4 is 11.3 Å². The molecule has 9 heavy (non-hydrogen) atoms. The topological polar surface area (TPSA) is 53.4 Å². The second kappa shape index (κ2) is 2.43. The molecule has 0 aliphatic carbocycles. The molecule has 0 amide bonds. The Labute approximate surface area is 56.6 Å². The Morgan fingerprint density at radius 1 is 1.67 bits per heavy atom. The molecule has 0 aliphatic heterocycles. The van der Waals surface area contributed by atoms with Gasteiger partial charge in [-0.15, -0.1) is 11.3 Å². The molecule has 0 aliphatic rings. The van der Waals surface area contributed by atoms with Crippen LogP contribution in [0.25, 0.3) is 0 Å². The first-order chi connectivity index (χ1) is 4.20. The summed E-state index contributed by atoms with van der Waals surface area (Å²) in [4.78, 5) is 4.33. The number of nitrogens with zero attached hydrogens (tertiary/aromatic N) is 1. The smallest absolute Gasteiger partial charge is 0.189 e. The molecule has 1 aromatic rings. The predicted octanol–water partition coefficient (Wildman–Crippen LogP) is 0.435. The van der Waals surface area contributed by atoms with E-state index in [2.05, 4.69) is 4.98 Å². The largest absolute Gasteiger partial charge is 0.364 e. The van der Waals surface area contributed by atoms with Crippen LogP contribution in [0.4, 0.5) is 0 Å². The maximum Gasteiger partial charge on any atom is 0.189 e. The minimum atomic E-state index is -1.36. The summed E-state index contributed by atoms with van der Waals surface area (Å²) in [6, 6.07) is 0. The fraction of sp³-hybridized carbons (Fsp3) is 0.400. The number of hydrogen-bond donors (Lipinski definition) is 2. The highest BCUT2D eigenvalue weighted by Crippen LogP contribution is 2.17. The zero-order valence-corrected chi connectivity index (χ0v) is 5.72. The number of aryl methyl sites for hydroxylation is 1. The Balaban J connectivity index is 2.85. The van der Waals surface area contributed by atoms with Crippen LogP contribution in [0.3, 0.4) is 0 Å². The minimum absolute atomic E-state index is 0.493. The molecule has 1 rings (SSSR count). The number of aliphatic hydroxyl groups excluding tert-OH is 1. The second-order valence-corrected chi connectivity index (χ2v) is 2.92. The average Bonchev–Trinajstić information content (AvgIpc) is 2.14. The van der Waals surface area contributed by atoms with Crippen LogP contribution in [0.1, 0.15) is 16.2 Å². The van der Waals surface area contributed by atoms with Crippen LogP contribution in [-0.2, 0) is 0 Å². The van der Waals surface area contributed by atoms with Crippen LogP contribution >= 0.6 is 11.3 Å². The van der Waals surface area contributed by atoms with E-state index in [-0.39, 0.29) is 0 Å². The fourth-order valence-corrected chi connectivity index (χ4v) is 1.15. The molecule has 0 fully saturated rings. The predicted molar refractivity (Wildman–Crippen MR) is 34.0 cm³/mol. The third-order valence-corrected chi connectivity index (χ3v) is 1.85. The van der Waals surface area contributed by atoms with E-state index in [1.165, 1.54) is 17.5 Å². The Morgan fingerprint density at radius 2 is 2.33 bits per heavy atom. The quantitative estimate of drug-likeness (QED) is 0.563. The van der Waals surface area contributed by atoms with E-state index in [9.17, 15) is 0 Å². The fourth-order valence-electron chi connectivity index (χ4n) is 0.497. The van der Waals surface area contributed by atoms with E-state index >= 15 is 0 Å². The molecule has 0 saturated heterocycles. The van der Waals surface area contributed by atoms with Gasteiger partial charge in [-0.05, 0) is 6.92 Å². The van der Waals surface area contributed by atoms with Crippen molar-refractivity contribution < 1.29 is 10.2 Å². The van der Waals surface area contributed by atoms with E-state index in [1.54, 1.807) is 0 Å². The first kappa shape index (κ1) is 6.67. The maximum atomic E-state index is 8.56. The zero-order chi connectivity index (χ0) is 6.85. The number of aliphatic hydroxyl groups is 2. The zero-order valence-electron chi connectivity index (χ0n) is 4.90. The minimum Gasteiger partial charge on any atom is -0.364 e. The summed E-state index contributed by atoms with van der Waals surface area (Å²) in [6.07, 6.45) is 0.0983. The van der Waals surface area contributed by atoms with Crippen molar-refractivity contribution in [2.24, 2.45) is 0 Å². The Morgan fingerprint density at radius 3 is 2.56 bits per heavy atom. The summed E-state index contributed by atoms with van der Waals surface area (Å²) < 4.78 is 0. The molecule has 50 valence electrons. The van der Waals surface area contributed by atoms with E-state index in [4.69, 9.17) is 10.2 Å². The Bertz CT molecular complexity index is 197. The molecule has 3 nitrogen and oxygen atoms in total. The summed E-state index contributed by atoms with van der Waals surface area (Å²) in [7, 11) is 0. The van der Waals surface area contributed by atoms with Gasteiger partial charge in [0.1, 0.15) is 0 Å². The van der Waals surface area contributed by atoms with Crippen LogP contribution in [-0.4, -0.2) is 15.2 Å². The van der Waals surface area contributed by atoms with Crippen molar-refractivity contribution in [3.8, 4) is 0 Å². The summed E-state index contributed by atoms with van der Waals surface area (Å²) in [6.45, 7) is 1.82. The Hall–Kier alpha value is -0.450. The molecule has 1 heterocycles. The van der Waals surface area contributed by atoms with Crippen LogP contribution in [0.2, 0.25) is 0 Å². The van der Waals surface area contributed by atoms with Crippen LogP contribution in [0.15, 0.2) is 6.20 Å². The van der Waals surface area contributed by atoms with Crippen molar-refractivity contribution in [2.75, 3.05) is 0 Å². The first-order valence-electron chi connectivity index (χ1n) is 2.48. The molecule has 0 aromatic carbocycles. The first-order valence-corrected chi connectivity index (χ1v) is 3.30. The molecular weight excluding hydrogens is 138 g/mol. The lowest BCUT2D eigenvalue weighted by Crippen LogP contribution is -1.88. The standard InChI is InChI=1S/C5H7NO2S/c1-3-6-2-4(9-3)5(7)8/h2,5,7-8H,1H3. The van der Waals surface area contributed by atoms with Gasteiger partial charge in [-0.25, -0.2) is 4.98 Å².